The summed E-state index contributed by atoms with van der Waals surface area (Å²) in [6.45, 7) is 4.76. The molecule has 3 aromatic heterocycles. The average molecular weight is 364 g/mol. The van der Waals surface area contributed by atoms with Gasteiger partial charge in [-0.15, -0.1) is 0 Å². The first kappa shape index (κ1) is 17.5. The van der Waals surface area contributed by atoms with Crippen molar-refractivity contribution in [2.75, 3.05) is 25.0 Å². The average Bonchev–Trinajstić information content (AvgIpc) is 3.18. The maximum atomic E-state index is 4.64. The van der Waals surface area contributed by atoms with Crippen molar-refractivity contribution in [2.45, 2.75) is 32.1 Å². The second kappa shape index (κ2) is 8.22. The van der Waals surface area contributed by atoms with E-state index in [2.05, 4.69) is 46.8 Å². The van der Waals surface area contributed by atoms with E-state index in [9.17, 15) is 0 Å². The molecule has 1 atom stereocenters. The molecule has 1 fully saturated rings. The monoisotopic (exact) mass is 364 g/mol. The summed E-state index contributed by atoms with van der Waals surface area (Å²) in [6.07, 6.45) is 6.61. The van der Waals surface area contributed by atoms with Crippen LogP contribution in [0.15, 0.2) is 30.6 Å². The first-order valence-corrected chi connectivity index (χ1v) is 9.40. The van der Waals surface area contributed by atoms with Crippen molar-refractivity contribution >= 4 is 5.82 Å². The number of pyridine rings is 1. The summed E-state index contributed by atoms with van der Waals surface area (Å²) in [6, 6.07) is 5.90. The Morgan fingerprint density at radius 2 is 2.22 bits per heavy atom. The number of nitrogens with one attached hydrogen (secondary N) is 3. The Hall–Kier alpha value is -2.87. The van der Waals surface area contributed by atoms with Gasteiger partial charge in [0.2, 0.25) is 0 Å². The number of rotatable bonds is 6. The highest BCUT2D eigenvalue weighted by molar-refractivity contribution is 5.52. The second-order valence-corrected chi connectivity index (χ2v) is 6.79. The summed E-state index contributed by atoms with van der Waals surface area (Å²) in [4.78, 5) is 17.8. The molecule has 0 amide bonds. The van der Waals surface area contributed by atoms with Gasteiger partial charge in [0, 0.05) is 49.5 Å². The van der Waals surface area contributed by atoms with E-state index in [1.165, 1.54) is 12.8 Å². The van der Waals surface area contributed by atoms with Crippen molar-refractivity contribution in [2.24, 2.45) is 0 Å². The van der Waals surface area contributed by atoms with Crippen molar-refractivity contribution < 1.29 is 0 Å². The molecule has 0 spiro atoms. The van der Waals surface area contributed by atoms with Crippen LogP contribution < -0.4 is 10.6 Å². The fourth-order valence-electron chi connectivity index (χ4n) is 3.33. The molecule has 8 heteroatoms. The third-order valence-corrected chi connectivity index (χ3v) is 4.69. The molecule has 8 nitrogen and oxygen atoms in total. The van der Waals surface area contributed by atoms with Gasteiger partial charge in [0.25, 0.3) is 0 Å². The van der Waals surface area contributed by atoms with E-state index in [0.29, 0.717) is 11.7 Å². The highest BCUT2D eigenvalue weighted by Crippen LogP contribution is 2.23. The third kappa shape index (κ3) is 4.46. The van der Waals surface area contributed by atoms with E-state index in [4.69, 9.17) is 0 Å². The van der Waals surface area contributed by atoms with Gasteiger partial charge in [0.05, 0.1) is 5.69 Å². The number of anilines is 1. The zero-order chi connectivity index (χ0) is 18.5. The topological polar surface area (TPSA) is 104 Å². The molecular weight excluding hydrogens is 340 g/mol. The summed E-state index contributed by atoms with van der Waals surface area (Å²) in [5, 5.41) is 14.1. The number of aromatic amines is 1. The van der Waals surface area contributed by atoms with Gasteiger partial charge in [0.1, 0.15) is 17.5 Å². The summed E-state index contributed by atoms with van der Waals surface area (Å²) >= 11 is 0. The van der Waals surface area contributed by atoms with E-state index >= 15 is 0 Å². The van der Waals surface area contributed by atoms with E-state index in [-0.39, 0.29) is 0 Å². The molecule has 0 aromatic carbocycles. The van der Waals surface area contributed by atoms with E-state index < -0.39 is 0 Å². The third-order valence-electron chi connectivity index (χ3n) is 4.69. The van der Waals surface area contributed by atoms with Crippen LogP contribution in [0.2, 0.25) is 0 Å². The van der Waals surface area contributed by atoms with Crippen LogP contribution in [0.4, 0.5) is 5.82 Å². The van der Waals surface area contributed by atoms with E-state index in [1.807, 2.05) is 19.1 Å². The molecule has 0 radical (unpaired) electrons. The lowest BCUT2D eigenvalue weighted by molar-refractivity contribution is 0.453. The molecule has 3 N–H and O–H groups in total. The van der Waals surface area contributed by atoms with Crippen molar-refractivity contribution in [1.82, 2.24) is 35.5 Å². The fourth-order valence-corrected chi connectivity index (χ4v) is 3.33. The van der Waals surface area contributed by atoms with Gasteiger partial charge in [-0.25, -0.2) is 15.0 Å². The number of aromatic nitrogens is 6. The van der Waals surface area contributed by atoms with Crippen LogP contribution >= 0.6 is 0 Å². The summed E-state index contributed by atoms with van der Waals surface area (Å²) in [7, 11) is 0. The summed E-state index contributed by atoms with van der Waals surface area (Å²) in [5.41, 5.74) is 2.03. The molecule has 3 aromatic rings. The van der Waals surface area contributed by atoms with Crippen LogP contribution in [0.5, 0.6) is 0 Å². The van der Waals surface area contributed by atoms with Crippen molar-refractivity contribution in [3.63, 3.8) is 0 Å². The van der Waals surface area contributed by atoms with Crippen LogP contribution in [0, 0.1) is 6.92 Å². The molecule has 4 heterocycles. The maximum absolute atomic E-state index is 4.64. The number of nitrogens with zero attached hydrogens (tertiary/aromatic N) is 5. The largest absolute Gasteiger partial charge is 0.370 e. The van der Waals surface area contributed by atoms with Crippen LogP contribution in [-0.2, 0) is 6.42 Å². The number of piperidine rings is 1. The van der Waals surface area contributed by atoms with Crippen LogP contribution in [0.3, 0.4) is 0 Å². The first-order chi connectivity index (χ1) is 13.3. The van der Waals surface area contributed by atoms with Gasteiger partial charge in [-0.05, 0) is 38.4 Å². The predicted octanol–water partition coefficient (Wildman–Crippen LogP) is 2.09. The zero-order valence-corrected chi connectivity index (χ0v) is 15.4. The van der Waals surface area contributed by atoms with Crippen LogP contribution in [-0.4, -0.2) is 49.8 Å². The minimum atomic E-state index is 0.470. The lowest BCUT2D eigenvalue weighted by atomic mass is 9.96. The Morgan fingerprint density at radius 1 is 1.26 bits per heavy atom. The first-order valence-electron chi connectivity index (χ1n) is 9.40. The minimum Gasteiger partial charge on any atom is -0.370 e. The Morgan fingerprint density at radius 3 is 3.04 bits per heavy atom. The lowest BCUT2D eigenvalue weighted by Crippen LogP contribution is -2.29. The quantitative estimate of drug-likeness (QED) is 0.615. The van der Waals surface area contributed by atoms with Crippen LogP contribution in [0.1, 0.15) is 36.1 Å². The van der Waals surface area contributed by atoms with Gasteiger partial charge >= 0.3 is 0 Å². The SMILES string of the molecule is Cc1nc(NCCc2nc(-c3cccnc3)n[nH]2)cc(C2CCCNC2)n1. The van der Waals surface area contributed by atoms with Crippen LogP contribution in [0.25, 0.3) is 11.4 Å². The lowest BCUT2D eigenvalue weighted by Gasteiger charge is -2.22. The number of H-pyrrole nitrogens is 1. The Balaban J connectivity index is 1.36. The molecule has 1 unspecified atom stereocenters. The fraction of sp³-hybridized carbons (Fsp3) is 0.421. The van der Waals surface area contributed by atoms with Gasteiger partial charge < -0.3 is 10.6 Å². The van der Waals surface area contributed by atoms with Gasteiger partial charge in [-0.1, -0.05) is 0 Å². The molecule has 1 aliphatic heterocycles. The molecule has 4 rings (SSSR count). The van der Waals surface area contributed by atoms with Gasteiger partial charge in [0.15, 0.2) is 5.82 Å². The Bertz CT molecular complexity index is 870. The number of hydrogen-bond donors (Lipinski definition) is 3. The molecule has 140 valence electrons. The summed E-state index contributed by atoms with van der Waals surface area (Å²) in [5.74, 6) is 3.65. The van der Waals surface area contributed by atoms with Crippen molar-refractivity contribution in [3.05, 3.63) is 47.9 Å². The smallest absolute Gasteiger partial charge is 0.182 e. The highest BCUT2D eigenvalue weighted by atomic mass is 15.2. The van der Waals surface area contributed by atoms with E-state index in [0.717, 1.165) is 54.8 Å². The standard InChI is InChI=1S/C19H24N8/c1-13-23-16(14-4-2-7-20-11-14)10-18(24-13)22-9-6-17-25-19(27-26-17)15-5-3-8-21-12-15/h3,5,8,10,12,14,20H,2,4,6-7,9,11H2,1H3,(H,22,23,24)(H,25,26,27). The number of aryl methyl sites for hydroxylation is 1. The predicted molar refractivity (Wildman–Crippen MR) is 103 cm³/mol. The molecule has 0 aliphatic carbocycles. The van der Waals surface area contributed by atoms with Gasteiger partial charge in [-0.3, -0.25) is 10.1 Å². The van der Waals surface area contributed by atoms with Crippen molar-refractivity contribution in [1.29, 1.82) is 0 Å². The minimum absolute atomic E-state index is 0.470. The van der Waals surface area contributed by atoms with Gasteiger partial charge in [-0.2, -0.15) is 5.10 Å². The molecule has 0 bridgehead atoms. The molecule has 0 saturated carbocycles. The Kier molecular flexibility index (Phi) is 5.34. The normalized spacial score (nSPS) is 17.0. The zero-order valence-electron chi connectivity index (χ0n) is 15.4. The summed E-state index contributed by atoms with van der Waals surface area (Å²) < 4.78 is 0. The maximum Gasteiger partial charge on any atom is 0.182 e. The highest BCUT2D eigenvalue weighted by Gasteiger charge is 2.17. The van der Waals surface area contributed by atoms with Crippen molar-refractivity contribution in [3.8, 4) is 11.4 Å². The molecule has 1 aliphatic rings. The molecule has 1 saturated heterocycles. The second-order valence-electron chi connectivity index (χ2n) is 6.79. The Labute approximate surface area is 158 Å². The van der Waals surface area contributed by atoms with E-state index in [1.54, 1.807) is 12.4 Å². The number of hydrogen-bond acceptors (Lipinski definition) is 7. The molecular formula is C19H24N8. The molecule has 27 heavy (non-hydrogen) atoms.